The van der Waals surface area contributed by atoms with Gasteiger partial charge in [-0.3, -0.25) is 9.59 Å². The molecule has 1 heterocycles. The van der Waals surface area contributed by atoms with Crippen molar-refractivity contribution in [1.82, 2.24) is 10.2 Å². The lowest BCUT2D eigenvalue weighted by atomic mass is 9.94. The monoisotopic (exact) mass is 398 g/mol. The third kappa shape index (κ3) is 4.43. The standard InChI is InChI=1S/C26H26N2O2/c1-19-8-5-6-13-24(19)22-12-7-9-20(16-22)17-23-18-28(15-14-27-25(23)29)26(30)21-10-3-2-4-11-21/h2-13,16,23H,14-15,17-18H2,1H3,(H,27,29). The van der Waals surface area contributed by atoms with E-state index in [9.17, 15) is 9.59 Å². The van der Waals surface area contributed by atoms with E-state index in [-0.39, 0.29) is 17.7 Å². The fourth-order valence-corrected chi connectivity index (χ4v) is 4.05. The van der Waals surface area contributed by atoms with Gasteiger partial charge in [-0.2, -0.15) is 0 Å². The van der Waals surface area contributed by atoms with E-state index in [1.165, 1.54) is 11.1 Å². The van der Waals surface area contributed by atoms with Crippen molar-refractivity contribution in [3.8, 4) is 11.1 Å². The number of carbonyl (C=O) groups is 2. The van der Waals surface area contributed by atoms with Gasteiger partial charge in [-0.15, -0.1) is 0 Å². The van der Waals surface area contributed by atoms with Crippen molar-refractivity contribution in [2.24, 2.45) is 5.92 Å². The summed E-state index contributed by atoms with van der Waals surface area (Å²) in [4.78, 5) is 27.4. The molecule has 0 bridgehead atoms. The first-order valence-corrected chi connectivity index (χ1v) is 10.4. The first-order valence-electron chi connectivity index (χ1n) is 10.4. The van der Waals surface area contributed by atoms with Crippen LogP contribution >= 0.6 is 0 Å². The molecule has 1 N–H and O–H groups in total. The second-order valence-electron chi connectivity index (χ2n) is 7.82. The van der Waals surface area contributed by atoms with Crippen LogP contribution < -0.4 is 5.32 Å². The molecule has 0 aliphatic carbocycles. The van der Waals surface area contributed by atoms with Gasteiger partial charge in [0.25, 0.3) is 5.91 Å². The number of hydrogen-bond acceptors (Lipinski definition) is 2. The molecule has 3 aromatic rings. The number of nitrogens with zero attached hydrogens (tertiary/aromatic N) is 1. The maximum absolute atomic E-state index is 12.9. The third-order valence-electron chi connectivity index (χ3n) is 5.67. The zero-order chi connectivity index (χ0) is 20.9. The van der Waals surface area contributed by atoms with Crippen LogP contribution in [-0.2, 0) is 11.2 Å². The summed E-state index contributed by atoms with van der Waals surface area (Å²) in [7, 11) is 0. The van der Waals surface area contributed by atoms with Gasteiger partial charge in [0.1, 0.15) is 0 Å². The minimum atomic E-state index is -0.271. The Morgan fingerprint density at radius 2 is 1.77 bits per heavy atom. The van der Waals surface area contributed by atoms with Crippen LogP contribution in [0.25, 0.3) is 11.1 Å². The lowest BCUT2D eigenvalue weighted by Crippen LogP contribution is -2.37. The molecule has 4 heteroatoms. The zero-order valence-electron chi connectivity index (χ0n) is 17.2. The fraction of sp³-hybridized carbons (Fsp3) is 0.231. The molecule has 4 nitrogen and oxygen atoms in total. The molecule has 1 aliphatic rings. The fourth-order valence-electron chi connectivity index (χ4n) is 4.05. The van der Waals surface area contributed by atoms with Crippen molar-refractivity contribution in [3.05, 3.63) is 95.6 Å². The Morgan fingerprint density at radius 3 is 2.57 bits per heavy atom. The summed E-state index contributed by atoms with van der Waals surface area (Å²) < 4.78 is 0. The van der Waals surface area contributed by atoms with Crippen molar-refractivity contribution >= 4 is 11.8 Å². The first-order chi connectivity index (χ1) is 14.6. The minimum absolute atomic E-state index is 0.0136. The van der Waals surface area contributed by atoms with E-state index in [1.54, 1.807) is 4.90 Å². The summed E-state index contributed by atoms with van der Waals surface area (Å²) >= 11 is 0. The highest BCUT2D eigenvalue weighted by Crippen LogP contribution is 2.25. The van der Waals surface area contributed by atoms with E-state index in [0.717, 1.165) is 11.1 Å². The minimum Gasteiger partial charge on any atom is -0.354 e. The molecular weight excluding hydrogens is 372 g/mol. The lowest BCUT2D eigenvalue weighted by molar-refractivity contribution is -0.124. The van der Waals surface area contributed by atoms with E-state index in [4.69, 9.17) is 0 Å². The molecule has 3 aromatic carbocycles. The van der Waals surface area contributed by atoms with Crippen LogP contribution in [0.4, 0.5) is 0 Å². The molecule has 0 aromatic heterocycles. The van der Waals surface area contributed by atoms with Gasteiger partial charge in [-0.1, -0.05) is 66.7 Å². The van der Waals surface area contributed by atoms with Crippen LogP contribution in [0.3, 0.4) is 0 Å². The second kappa shape index (κ2) is 8.95. The molecule has 152 valence electrons. The largest absolute Gasteiger partial charge is 0.354 e. The van der Waals surface area contributed by atoms with Gasteiger partial charge >= 0.3 is 0 Å². The second-order valence-corrected chi connectivity index (χ2v) is 7.82. The molecule has 0 saturated carbocycles. The van der Waals surface area contributed by atoms with Crippen molar-refractivity contribution in [3.63, 3.8) is 0 Å². The Morgan fingerprint density at radius 1 is 1.00 bits per heavy atom. The summed E-state index contributed by atoms with van der Waals surface area (Å²) in [6.45, 7) is 3.54. The van der Waals surface area contributed by atoms with Crippen molar-refractivity contribution in [1.29, 1.82) is 0 Å². The quantitative estimate of drug-likeness (QED) is 0.720. The van der Waals surface area contributed by atoms with E-state index in [0.29, 0.717) is 31.6 Å². The topological polar surface area (TPSA) is 49.4 Å². The Hall–Kier alpha value is -3.40. The highest BCUT2D eigenvalue weighted by molar-refractivity contribution is 5.94. The lowest BCUT2D eigenvalue weighted by Gasteiger charge is -2.23. The molecule has 30 heavy (non-hydrogen) atoms. The number of amides is 2. The number of nitrogens with one attached hydrogen (secondary N) is 1. The Kier molecular flexibility index (Phi) is 5.94. The van der Waals surface area contributed by atoms with Crippen LogP contribution in [0.15, 0.2) is 78.9 Å². The van der Waals surface area contributed by atoms with Crippen molar-refractivity contribution in [2.75, 3.05) is 19.6 Å². The normalized spacial score (nSPS) is 16.6. The molecular formula is C26H26N2O2. The number of aryl methyl sites for hydroxylation is 1. The maximum Gasteiger partial charge on any atom is 0.253 e. The molecule has 4 rings (SSSR count). The highest BCUT2D eigenvalue weighted by atomic mass is 16.2. The van der Waals surface area contributed by atoms with Crippen LogP contribution in [0.2, 0.25) is 0 Å². The number of benzene rings is 3. The van der Waals surface area contributed by atoms with E-state index in [1.807, 2.05) is 48.5 Å². The highest BCUT2D eigenvalue weighted by Gasteiger charge is 2.28. The van der Waals surface area contributed by atoms with Gasteiger partial charge in [0.05, 0.1) is 5.92 Å². The van der Waals surface area contributed by atoms with Crippen molar-refractivity contribution in [2.45, 2.75) is 13.3 Å². The molecule has 2 amide bonds. The van der Waals surface area contributed by atoms with Gasteiger partial charge in [-0.05, 0) is 47.7 Å². The third-order valence-corrected chi connectivity index (χ3v) is 5.67. The summed E-state index contributed by atoms with van der Waals surface area (Å²) in [5, 5.41) is 2.97. The predicted molar refractivity (Wildman–Crippen MR) is 119 cm³/mol. The Labute approximate surface area is 177 Å². The smallest absolute Gasteiger partial charge is 0.253 e. The maximum atomic E-state index is 12.9. The van der Waals surface area contributed by atoms with Crippen LogP contribution in [0.1, 0.15) is 21.5 Å². The van der Waals surface area contributed by atoms with Crippen LogP contribution in [0, 0.1) is 12.8 Å². The molecule has 1 saturated heterocycles. The number of hydrogen-bond donors (Lipinski definition) is 1. The summed E-state index contributed by atoms with van der Waals surface area (Å²) in [5.41, 5.74) is 5.33. The van der Waals surface area contributed by atoms with E-state index < -0.39 is 0 Å². The first kappa shape index (κ1) is 19.9. The van der Waals surface area contributed by atoms with E-state index >= 15 is 0 Å². The summed E-state index contributed by atoms with van der Waals surface area (Å²) in [6, 6.07) is 25.9. The zero-order valence-corrected chi connectivity index (χ0v) is 17.2. The van der Waals surface area contributed by atoms with Gasteiger partial charge < -0.3 is 10.2 Å². The summed E-state index contributed by atoms with van der Waals surface area (Å²) in [6.07, 6.45) is 0.601. The van der Waals surface area contributed by atoms with Gasteiger partial charge in [0, 0.05) is 25.2 Å². The number of rotatable bonds is 4. The Balaban J connectivity index is 1.54. The molecule has 0 radical (unpaired) electrons. The molecule has 1 atom stereocenters. The SMILES string of the molecule is Cc1ccccc1-c1cccc(CC2CN(C(=O)c3ccccc3)CCNC2=O)c1. The van der Waals surface area contributed by atoms with Gasteiger partial charge in [0.15, 0.2) is 0 Å². The van der Waals surface area contributed by atoms with Crippen LogP contribution in [-0.4, -0.2) is 36.3 Å². The average Bonchev–Trinajstić information content (AvgIpc) is 2.96. The van der Waals surface area contributed by atoms with Gasteiger partial charge in [-0.25, -0.2) is 0 Å². The Bertz CT molecular complexity index is 1050. The molecule has 1 aliphatic heterocycles. The van der Waals surface area contributed by atoms with Crippen molar-refractivity contribution < 1.29 is 9.59 Å². The molecule has 1 unspecified atom stereocenters. The molecule has 1 fully saturated rings. The van der Waals surface area contributed by atoms with Crippen LogP contribution in [0.5, 0.6) is 0 Å². The summed E-state index contributed by atoms with van der Waals surface area (Å²) in [5.74, 6) is -0.280. The average molecular weight is 399 g/mol. The number of carbonyl (C=O) groups excluding carboxylic acids is 2. The van der Waals surface area contributed by atoms with E-state index in [2.05, 4.69) is 42.6 Å². The van der Waals surface area contributed by atoms with Gasteiger partial charge in [0.2, 0.25) is 5.91 Å². The predicted octanol–water partition coefficient (Wildman–Crippen LogP) is 4.09. The molecule has 0 spiro atoms.